The molecule has 1 aromatic carbocycles. The average Bonchev–Trinajstić information content (AvgIpc) is 2.42. The molecule has 1 N–H and O–H groups in total. The summed E-state index contributed by atoms with van der Waals surface area (Å²) in [6.45, 7) is 0. The highest BCUT2D eigenvalue weighted by molar-refractivity contribution is 5.92. The summed E-state index contributed by atoms with van der Waals surface area (Å²) in [5, 5.41) is 13.0. The Morgan fingerprint density at radius 1 is 1.24 bits per heavy atom. The third-order valence-corrected chi connectivity index (χ3v) is 2.63. The van der Waals surface area contributed by atoms with Crippen LogP contribution in [0.15, 0.2) is 36.4 Å². The molecule has 21 heavy (non-hydrogen) atoms. The molecule has 1 aromatic heterocycles. The fourth-order valence-electron chi connectivity index (χ4n) is 1.71. The highest BCUT2D eigenvalue weighted by Gasteiger charge is 2.16. The second kappa shape index (κ2) is 6.04. The normalized spacial score (nSPS) is 10.2. The van der Waals surface area contributed by atoms with Crippen LogP contribution in [0.3, 0.4) is 0 Å². The van der Waals surface area contributed by atoms with Crippen molar-refractivity contribution in [1.29, 1.82) is 0 Å². The van der Waals surface area contributed by atoms with Crippen molar-refractivity contribution < 1.29 is 18.5 Å². The number of hydrogen-bond acceptors (Lipinski definition) is 4. The molecule has 0 aliphatic rings. The van der Waals surface area contributed by atoms with Crippen molar-refractivity contribution in [2.45, 2.75) is 6.42 Å². The first-order valence-corrected chi connectivity index (χ1v) is 5.81. The summed E-state index contributed by atoms with van der Waals surface area (Å²) in [5.74, 6) is -2.84. The lowest BCUT2D eigenvalue weighted by Crippen LogP contribution is -2.16. The molecule has 2 rings (SSSR count). The topological polar surface area (TPSA) is 85.1 Å². The van der Waals surface area contributed by atoms with Gasteiger partial charge in [0.2, 0.25) is 17.8 Å². The van der Waals surface area contributed by atoms with E-state index < -0.39 is 22.7 Å². The van der Waals surface area contributed by atoms with Gasteiger partial charge in [0.25, 0.3) is 5.69 Å². The zero-order valence-electron chi connectivity index (χ0n) is 10.5. The van der Waals surface area contributed by atoms with E-state index in [1.807, 2.05) is 0 Å². The van der Waals surface area contributed by atoms with E-state index in [0.717, 1.165) is 12.1 Å². The van der Waals surface area contributed by atoms with Crippen molar-refractivity contribution in [3.63, 3.8) is 0 Å². The Balaban J connectivity index is 2.14. The molecule has 0 radical (unpaired) electrons. The lowest BCUT2D eigenvalue weighted by Gasteiger charge is -2.06. The molecule has 108 valence electrons. The maximum Gasteiger partial charge on any atom is 0.273 e. The number of anilines is 1. The summed E-state index contributed by atoms with van der Waals surface area (Å²) in [6, 6.07) is 7.64. The number of halogens is 2. The third-order valence-electron chi connectivity index (χ3n) is 2.63. The van der Waals surface area contributed by atoms with E-state index in [1.165, 1.54) is 18.2 Å². The predicted octanol–water partition coefficient (Wildman–Crippen LogP) is 2.45. The first-order valence-electron chi connectivity index (χ1n) is 5.81. The predicted molar refractivity (Wildman–Crippen MR) is 69.6 cm³/mol. The molecule has 0 fully saturated rings. The molecule has 0 bridgehead atoms. The van der Waals surface area contributed by atoms with Gasteiger partial charge in [-0.15, -0.1) is 0 Å². The summed E-state index contributed by atoms with van der Waals surface area (Å²) >= 11 is 0. The van der Waals surface area contributed by atoms with E-state index in [2.05, 4.69) is 10.3 Å². The third kappa shape index (κ3) is 3.56. The van der Waals surface area contributed by atoms with E-state index in [-0.39, 0.29) is 23.4 Å². The number of hydrogen-bond donors (Lipinski definition) is 1. The molecule has 2 aromatic rings. The second-order valence-corrected chi connectivity index (χ2v) is 4.08. The number of aromatic nitrogens is 1. The maximum absolute atomic E-state index is 13.3. The van der Waals surface area contributed by atoms with Crippen LogP contribution >= 0.6 is 0 Å². The van der Waals surface area contributed by atoms with Crippen molar-refractivity contribution in [3.05, 3.63) is 64.0 Å². The Labute approximate surface area is 117 Å². The number of nitro groups is 1. The van der Waals surface area contributed by atoms with Crippen molar-refractivity contribution in [2.24, 2.45) is 0 Å². The SMILES string of the molecule is O=C(Cc1ccccc1[N+](=O)[O-])Nc1ccc(F)nc1F. The summed E-state index contributed by atoms with van der Waals surface area (Å²) in [5.41, 5.74) is -0.305. The number of carbonyl (C=O) groups excluding carboxylic acids is 1. The van der Waals surface area contributed by atoms with Gasteiger partial charge in [-0.1, -0.05) is 18.2 Å². The Morgan fingerprint density at radius 3 is 2.62 bits per heavy atom. The summed E-state index contributed by atoms with van der Waals surface area (Å²) in [4.78, 5) is 24.9. The highest BCUT2D eigenvalue weighted by Crippen LogP contribution is 2.19. The number of pyridine rings is 1. The van der Waals surface area contributed by atoms with Crippen molar-refractivity contribution >= 4 is 17.3 Å². The fourth-order valence-corrected chi connectivity index (χ4v) is 1.71. The van der Waals surface area contributed by atoms with Crippen LogP contribution in [-0.4, -0.2) is 15.8 Å². The van der Waals surface area contributed by atoms with Gasteiger partial charge in [0.05, 0.1) is 17.0 Å². The average molecular weight is 293 g/mol. The van der Waals surface area contributed by atoms with Gasteiger partial charge in [-0.25, -0.2) is 0 Å². The van der Waals surface area contributed by atoms with Gasteiger partial charge in [0, 0.05) is 11.6 Å². The lowest BCUT2D eigenvalue weighted by atomic mass is 10.1. The van der Waals surface area contributed by atoms with Crippen LogP contribution in [0.4, 0.5) is 20.2 Å². The molecule has 0 aliphatic carbocycles. The van der Waals surface area contributed by atoms with Crippen LogP contribution in [0.2, 0.25) is 0 Å². The van der Waals surface area contributed by atoms with Crippen LogP contribution < -0.4 is 5.32 Å². The van der Waals surface area contributed by atoms with Crippen LogP contribution in [0.25, 0.3) is 0 Å². The zero-order chi connectivity index (χ0) is 15.4. The maximum atomic E-state index is 13.3. The van der Waals surface area contributed by atoms with Crippen LogP contribution in [0.5, 0.6) is 0 Å². The fraction of sp³-hybridized carbons (Fsp3) is 0.0769. The van der Waals surface area contributed by atoms with E-state index in [4.69, 9.17) is 0 Å². The van der Waals surface area contributed by atoms with E-state index in [0.29, 0.717) is 0 Å². The quantitative estimate of drug-likeness (QED) is 0.533. The Kier molecular flexibility index (Phi) is 4.17. The lowest BCUT2D eigenvalue weighted by molar-refractivity contribution is -0.385. The number of para-hydroxylation sites is 1. The molecule has 0 unspecified atom stereocenters. The van der Waals surface area contributed by atoms with Gasteiger partial charge < -0.3 is 5.32 Å². The molecule has 1 heterocycles. The molecule has 0 saturated heterocycles. The Morgan fingerprint density at radius 2 is 1.95 bits per heavy atom. The standard InChI is InChI=1S/C13H9F2N3O3/c14-11-6-5-9(13(15)17-11)16-12(19)7-8-3-1-2-4-10(8)18(20)21/h1-6H,7H2,(H,16,19). The Bertz CT molecular complexity index is 707. The van der Waals surface area contributed by atoms with Gasteiger partial charge in [-0.2, -0.15) is 13.8 Å². The number of nitro benzene ring substituents is 1. The smallest absolute Gasteiger partial charge is 0.273 e. The van der Waals surface area contributed by atoms with Crippen molar-refractivity contribution in [2.75, 3.05) is 5.32 Å². The molecule has 0 atom stereocenters. The molecule has 6 nitrogen and oxygen atoms in total. The number of benzene rings is 1. The minimum absolute atomic E-state index is 0.190. The number of amides is 1. The van der Waals surface area contributed by atoms with Crippen molar-refractivity contribution in [3.8, 4) is 0 Å². The Hall–Kier alpha value is -2.90. The van der Waals surface area contributed by atoms with Gasteiger partial charge in [0.1, 0.15) is 0 Å². The van der Waals surface area contributed by atoms with Crippen LogP contribution in [-0.2, 0) is 11.2 Å². The number of rotatable bonds is 4. The molecule has 1 amide bonds. The summed E-state index contributed by atoms with van der Waals surface area (Å²) in [6.07, 6.45) is -0.312. The van der Waals surface area contributed by atoms with Gasteiger partial charge in [-0.3, -0.25) is 14.9 Å². The number of nitrogens with one attached hydrogen (secondary N) is 1. The first-order chi connectivity index (χ1) is 9.97. The molecule has 0 spiro atoms. The number of carbonyl (C=O) groups is 1. The largest absolute Gasteiger partial charge is 0.322 e. The van der Waals surface area contributed by atoms with Crippen LogP contribution in [0, 0.1) is 22.0 Å². The molecule has 0 saturated carbocycles. The summed E-state index contributed by atoms with van der Waals surface area (Å²) < 4.78 is 25.9. The second-order valence-electron chi connectivity index (χ2n) is 4.08. The van der Waals surface area contributed by atoms with Crippen LogP contribution in [0.1, 0.15) is 5.56 Å². The minimum Gasteiger partial charge on any atom is -0.322 e. The first kappa shape index (κ1) is 14.5. The van der Waals surface area contributed by atoms with E-state index in [1.54, 1.807) is 6.07 Å². The highest BCUT2D eigenvalue weighted by atomic mass is 19.1. The van der Waals surface area contributed by atoms with E-state index >= 15 is 0 Å². The van der Waals surface area contributed by atoms with Crippen molar-refractivity contribution in [1.82, 2.24) is 4.98 Å². The number of nitrogens with zero attached hydrogens (tertiary/aromatic N) is 2. The van der Waals surface area contributed by atoms with Gasteiger partial charge in [-0.05, 0) is 12.1 Å². The monoisotopic (exact) mass is 293 g/mol. The minimum atomic E-state index is -1.16. The summed E-state index contributed by atoms with van der Waals surface area (Å²) in [7, 11) is 0. The van der Waals surface area contributed by atoms with E-state index in [9.17, 15) is 23.7 Å². The molecular formula is C13H9F2N3O3. The molecule has 8 heteroatoms. The molecule has 0 aliphatic heterocycles. The van der Waals surface area contributed by atoms with Gasteiger partial charge >= 0.3 is 0 Å². The molecular weight excluding hydrogens is 284 g/mol. The zero-order valence-corrected chi connectivity index (χ0v) is 10.5. The van der Waals surface area contributed by atoms with Gasteiger partial charge in [0.15, 0.2) is 0 Å².